The smallest absolute Gasteiger partial charge is 0.306 e. The number of amides is 1. The Labute approximate surface area is 135 Å². The van der Waals surface area contributed by atoms with Gasteiger partial charge in [0.25, 0.3) is 5.91 Å². The maximum atomic E-state index is 12.3. The number of carboxylic acid groups (broad SMARTS) is 1. The fraction of sp³-hybridized carbons (Fsp3) is 0.500. The Morgan fingerprint density at radius 1 is 1.30 bits per heavy atom. The van der Waals surface area contributed by atoms with Crippen molar-refractivity contribution >= 4 is 21.7 Å². The SMILES string of the molecule is CCc1ccc(C(=O)N[C@H]2CC[C@@H](C(=O)O)C2)cc1S(C)(=O)=O. The van der Waals surface area contributed by atoms with E-state index in [4.69, 9.17) is 5.11 Å². The molecule has 0 unspecified atom stereocenters. The highest BCUT2D eigenvalue weighted by Crippen LogP contribution is 2.26. The molecule has 1 aliphatic carbocycles. The second kappa shape index (κ2) is 6.70. The zero-order chi connectivity index (χ0) is 17.2. The van der Waals surface area contributed by atoms with E-state index in [-0.39, 0.29) is 22.4 Å². The first-order valence-corrected chi connectivity index (χ1v) is 9.48. The standard InChI is InChI=1S/C16H21NO5S/c1-3-10-4-5-11(9-14(10)23(2,21)22)15(18)17-13-7-6-12(8-13)16(19)20/h4-5,9,12-13H,3,6-8H2,1-2H3,(H,17,18)(H,19,20)/t12-,13+/m1/s1. The summed E-state index contributed by atoms with van der Waals surface area (Å²) in [6.45, 7) is 1.86. The molecule has 6 nitrogen and oxygen atoms in total. The third-order valence-electron chi connectivity index (χ3n) is 4.23. The molecule has 0 bridgehead atoms. The van der Waals surface area contributed by atoms with E-state index in [1.165, 1.54) is 6.07 Å². The molecule has 2 rings (SSSR count). The molecule has 1 fully saturated rings. The summed E-state index contributed by atoms with van der Waals surface area (Å²) in [6, 6.07) is 4.47. The molecule has 1 aliphatic rings. The van der Waals surface area contributed by atoms with Gasteiger partial charge in [0.15, 0.2) is 9.84 Å². The summed E-state index contributed by atoms with van der Waals surface area (Å²) in [5, 5.41) is 11.8. The van der Waals surface area contributed by atoms with Crippen molar-refractivity contribution in [2.24, 2.45) is 5.92 Å². The van der Waals surface area contributed by atoms with Gasteiger partial charge in [-0.25, -0.2) is 8.42 Å². The molecule has 0 aliphatic heterocycles. The second-order valence-corrected chi connectivity index (χ2v) is 7.95. The number of carboxylic acids is 1. The molecule has 1 amide bonds. The normalized spacial score (nSPS) is 21.1. The van der Waals surface area contributed by atoms with Gasteiger partial charge < -0.3 is 10.4 Å². The zero-order valence-corrected chi connectivity index (χ0v) is 14.0. The van der Waals surface area contributed by atoms with E-state index in [0.717, 1.165) is 6.26 Å². The van der Waals surface area contributed by atoms with Gasteiger partial charge in [-0.05, 0) is 43.4 Å². The number of hydrogen-bond acceptors (Lipinski definition) is 4. The first-order chi connectivity index (χ1) is 10.7. The molecule has 1 aromatic rings. The monoisotopic (exact) mass is 339 g/mol. The minimum Gasteiger partial charge on any atom is -0.481 e. The second-order valence-electron chi connectivity index (χ2n) is 5.97. The topological polar surface area (TPSA) is 101 Å². The Morgan fingerprint density at radius 3 is 2.52 bits per heavy atom. The maximum Gasteiger partial charge on any atom is 0.306 e. The van der Waals surface area contributed by atoms with Crippen LogP contribution in [0.1, 0.15) is 42.1 Å². The van der Waals surface area contributed by atoms with Crippen LogP contribution in [0.15, 0.2) is 23.1 Å². The summed E-state index contributed by atoms with van der Waals surface area (Å²) in [5.41, 5.74) is 0.956. The average molecular weight is 339 g/mol. The molecule has 1 aromatic carbocycles. The molecule has 0 heterocycles. The molecule has 0 radical (unpaired) electrons. The van der Waals surface area contributed by atoms with E-state index in [2.05, 4.69) is 5.32 Å². The van der Waals surface area contributed by atoms with Crippen LogP contribution in [-0.4, -0.2) is 37.7 Å². The third-order valence-corrected chi connectivity index (χ3v) is 5.41. The number of carbonyl (C=O) groups excluding carboxylic acids is 1. The van der Waals surface area contributed by atoms with Gasteiger partial charge in [-0.1, -0.05) is 13.0 Å². The molecule has 23 heavy (non-hydrogen) atoms. The average Bonchev–Trinajstić information content (AvgIpc) is 2.94. The van der Waals surface area contributed by atoms with Crippen LogP contribution in [0.5, 0.6) is 0 Å². The van der Waals surface area contributed by atoms with E-state index in [0.29, 0.717) is 31.2 Å². The van der Waals surface area contributed by atoms with Crippen LogP contribution < -0.4 is 5.32 Å². The van der Waals surface area contributed by atoms with Crippen molar-refractivity contribution in [1.82, 2.24) is 5.32 Å². The number of aryl methyl sites for hydroxylation is 1. The van der Waals surface area contributed by atoms with Gasteiger partial charge in [-0.15, -0.1) is 0 Å². The predicted molar refractivity (Wildman–Crippen MR) is 85.2 cm³/mol. The Balaban J connectivity index is 2.16. The molecule has 2 atom stereocenters. The molecular weight excluding hydrogens is 318 g/mol. The quantitative estimate of drug-likeness (QED) is 0.849. The predicted octanol–water partition coefficient (Wildman–Crippen LogP) is 1.64. The minimum absolute atomic E-state index is 0.169. The van der Waals surface area contributed by atoms with Crippen molar-refractivity contribution in [2.75, 3.05) is 6.26 Å². The molecule has 1 saturated carbocycles. The van der Waals surface area contributed by atoms with Gasteiger partial charge in [0.2, 0.25) is 0 Å². The van der Waals surface area contributed by atoms with Crippen molar-refractivity contribution in [2.45, 2.75) is 43.5 Å². The summed E-state index contributed by atoms with van der Waals surface area (Å²) in [6.07, 6.45) is 3.26. The van der Waals surface area contributed by atoms with Gasteiger partial charge in [-0.3, -0.25) is 9.59 Å². The van der Waals surface area contributed by atoms with Crippen LogP contribution in [0.4, 0.5) is 0 Å². The summed E-state index contributed by atoms with van der Waals surface area (Å²) in [4.78, 5) is 23.4. The summed E-state index contributed by atoms with van der Waals surface area (Å²) in [5.74, 6) is -1.63. The lowest BCUT2D eigenvalue weighted by Gasteiger charge is -2.14. The van der Waals surface area contributed by atoms with Gasteiger partial charge in [-0.2, -0.15) is 0 Å². The highest BCUT2D eigenvalue weighted by Gasteiger charge is 2.30. The van der Waals surface area contributed by atoms with Crippen molar-refractivity contribution in [1.29, 1.82) is 0 Å². The Hall–Kier alpha value is -1.89. The Kier molecular flexibility index (Phi) is 5.09. The van der Waals surface area contributed by atoms with E-state index >= 15 is 0 Å². The summed E-state index contributed by atoms with van der Waals surface area (Å²) >= 11 is 0. The largest absolute Gasteiger partial charge is 0.481 e. The van der Waals surface area contributed by atoms with Crippen LogP contribution in [0, 0.1) is 5.92 Å². The summed E-state index contributed by atoms with van der Waals surface area (Å²) in [7, 11) is -3.41. The van der Waals surface area contributed by atoms with Gasteiger partial charge in [0.05, 0.1) is 10.8 Å². The number of aliphatic carboxylic acids is 1. The van der Waals surface area contributed by atoms with E-state index in [1.807, 2.05) is 6.92 Å². The first-order valence-electron chi connectivity index (χ1n) is 7.59. The number of rotatable bonds is 5. The molecule has 0 spiro atoms. The third kappa shape index (κ3) is 4.10. The van der Waals surface area contributed by atoms with E-state index < -0.39 is 21.7 Å². The van der Waals surface area contributed by atoms with Crippen molar-refractivity contribution in [3.8, 4) is 0 Å². The lowest BCUT2D eigenvalue weighted by atomic mass is 10.1. The van der Waals surface area contributed by atoms with Crippen LogP contribution in [-0.2, 0) is 21.1 Å². The van der Waals surface area contributed by atoms with Crippen LogP contribution in [0.3, 0.4) is 0 Å². The van der Waals surface area contributed by atoms with Crippen molar-refractivity contribution in [3.63, 3.8) is 0 Å². The first kappa shape index (κ1) is 17.5. The van der Waals surface area contributed by atoms with Crippen molar-refractivity contribution in [3.05, 3.63) is 29.3 Å². The van der Waals surface area contributed by atoms with Crippen LogP contribution >= 0.6 is 0 Å². The number of sulfone groups is 1. The number of nitrogens with one attached hydrogen (secondary N) is 1. The van der Waals surface area contributed by atoms with E-state index in [9.17, 15) is 18.0 Å². The molecule has 7 heteroatoms. The van der Waals surface area contributed by atoms with Crippen LogP contribution in [0.2, 0.25) is 0 Å². The highest BCUT2D eigenvalue weighted by molar-refractivity contribution is 7.90. The van der Waals surface area contributed by atoms with E-state index in [1.54, 1.807) is 12.1 Å². The van der Waals surface area contributed by atoms with Crippen LogP contribution in [0.25, 0.3) is 0 Å². The van der Waals surface area contributed by atoms with Crippen molar-refractivity contribution < 1.29 is 23.1 Å². The fourth-order valence-electron chi connectivity index (χ4n) is 2.94. The summed E-state index contributed by atoms with van der Waals surface area (Å²) < 4.78 is 23.7. The lowest BCUT2D eigenvalue weighted by molar-refractivity contribution is -0.141. The number of hydrogen-bond donors (Lipinski definition) is 2. The number of carbonyl (C=O) groups is 2. The molecule has 0 aromatic heterocycles. The van der Waals surface area contributed by atoms with Gasteiger partial charge in [0, 0.05) is 17.9 Å². The molecule has 2 N–H and O–H groups in total. The van der Waals surface area contributed by atoms with Gasteiger partial charge in [0.1, 0.15) is 0 Å². The van der Waals surface area contributed by atoms with Gasteiger partial charge >= 0.3 is 5.97 Å². The molecular formula is C16H21NO5S. The Morgan fingerprint density at radius 2 is 2.00 bits per heavy atom. The Bertz CT molecular complexity index is 726. The minimum atomic E-state index is -3.41. The highest BCUT2D eigenvalue weighted by atomic mass is 32.2. The fourth-order valence-corrected chi connectivity index (χ4v) is 3.97. The lowest BCUT2D eigenvalue weighted by Crippen LogP contribution is -2.33. The number of benzene rings is 1. The zero-order valence-electron chi connectivity index (χ0n) is 13.2. The molecule has 126 valence electrons. The maximum absolute atomic E-state index is 12.3. The molecule has 0 saturated heterocycles.